The number of para-hydroxylation sites is 1. The summed E-state index contributed by atoms with van der Waals surface area (Å²) in [6.07, 6.45) is 4.20. The fourth-order valence-corrected chi connectivity index (χ4v) is 2.88. The zero-order valence-corrected chi connectivity index (χ0v) is 11.3. The minimum Gasteiger partial charge on any atom is -0.391 e. The van der Waals surface area contributed by atoms with E-state index in [1.165, 1.54) is 12.8 Å². The van der Waals surface area contributed by atoms with Gasteiger partial charge in [0.05, 0.1) is 17.0 Å². The van der Waals surface area contributed by atoms with Crippen LogP contribution >= 0.6 is 0 Å². The Bertz CT molecular complexity index is 647. The van der Waals surface area contributed by atoms with Gasteiger partial charge in [0.1, 0.15) is 0 Å². The molecule has 106 valence electrons. The van der Waals surface area contributed by atoms with E-state index in [9.17, 15) is 9.90 Å². The molecule has 0 aliphatic heterocycles. The van der Waals surface area contributed by atoms with E-state index in [4.69, 9.17) is 0 Å². The minimum atomic E-state index is -0.380. The van der Waals surface area contributed by atoms with Crippen LogP contribution in [0.5, 0.6) is 0 Å². The number of nitrogens with zero attached hydrogens (tertiary/aromatic N) is 1. The highest BCUT2D eigenvalue weighted by Gasteiger charge is 2.22. The van der Waals surface area contributed by atoms with Crippen LogP contribution in [0.1, 0.15) is 25.7 Å². The molecule has 5 nitrogen and oxygen atoms in total. The number of aliphatic hydroxyl groups excluding tert-OH is 1. The maximum Gasteiger partial charge on any atom is 0.260 e. The second kappa shape index (κ2) is 5.63. The van der Waals surface area contributed by atoms with Gasteiger partial charge in [-0.05, 0) is 30.9 Å². The average Bonchev–Trinajstić information content (AvgIpc) is 2.99. The molecule has 0 amide bonds. The van der Waals surface area contributed by atoms with E-state index >= 15 is 0 Å². The van der Waals surface area contributed by atoms with Crippen molar-refractivity contribution >= 4 is 16.9 Å². The van der Waals surface area contributed by atoms with Gasteiger partial charge in [0.25, 0.3) is 5.56 Å². The van der Waals surface area contributed by atoms with Crippen LogP contribution in [-0.4, -0.2) is 27.7 Å². The van der Waals surface area contributed by atoms with Gasteiger partial charge < -0.3 is 10.4 Å². The summed E-state index contributed by atoms with van der Waals surface area (Å²) in [4.78, 5) is 19.0. The summed E-state index contributed by atoms with van der Waals surface area (Å²) < 4.78 is 0. The number of benzene rings is 1. The number of fused-ring (bicyclic) bond motifs is 1. The molecule has 2 aromatic rings. The largest absolute Gasteiger partial charge is 0.391 e. The molecule has 1 atom stereocenters. The number of aromatic nitrogens is 2. The molecule has 0 spiro atoms. The van der Waals surface area contributed by atoms with E-state index in [0.717, 1.165) is 12.8 Å². The number of anilines is 1. The van der Waals surface area contributed by atoms with Gasteiger partial charge in [-0.3, -0.25) is 9.78 Å². The highest BCUT2D eigenvalue weighted by Crippen LogP contribution is 2.27. The predicted molar refractivity (Wildman–Crippen MR) is 78.8 cm³/mol. The zero-order chi connectivity index (χ0) is 13.9. The number of hydrogen-bond acceptors (Lipinski definition) is 4. The number of H-pyrrole nitrogens is 1. The molecule has 0 bridgehead atoms. The lowest BCUT2D eigenvalue weighted by Crippen LogP contribution is -2.28. The molecule has 0 saturated heterocycles. The van der Waals surface area contributed by atoms with E-state index in [1.54, 1.807) is 6.07 Å². The molecule has 3 N–H and O–H groups in total. The van der Waals surface area contributed by atoms with Gasteiger partial charge in [0.15, 0.2) is 0 Å². The van der Waals surface area contributed by atoms with Crippen molar-refractivity contribution in [1.82, 2.24) is 9.97 Å². The van der Waals surface area contributed by atoms with Gasteiger partial charge in [0.2, 0.25) is 5.95 Å². The maximum atomic E-state index is 11.9. The second-order valence-corrected chi connectivity index (χ2v) is 5.42. The molecule has 1 aliphatic carbocycles. The third-order valence-electron chi connectivity index (χ3n) is 4.04. The third kappa shape index (κ3) is 2.67. The first kappa shape index (κ1) is 13.1. The summed E-state index contributed by atoms with van der Waals surface area (Å²) in [7, 11) is 0. The van der Waals surface area contributed by atoms with Crippen molar-refractivity contribution in [2.45, 2.75) is 31.8 Å². The molecule has 1 fully saturated rings. The van der Waals surface area contributed by atoms with Gasteiger partial charge in [-0.25, -0.2) is 4.98 Å². The van der Waals surface area contributed by atoms with Crippen molar-refractivity contribution in [1.29, 1.82) is 0 Å². The Morgan fingerprint density at radius 3 is 2.90 bits per heavy atom. The monoisotopic (exact) mass is 273 g/mol. The van der Waals surface area contributed by atoms with Crippen LogP contribution in [0.2, 0.25) is 0 Å². The van der Waals surface area contributed by atoms with E-state index in [0.29, 0.717) is 29.3 Å². The normalized spacial score (nSPS) is 17.4. The number of rotatable bonds is 4. The van der Waals surface area contributed by atoms with Crippen LogP contribution < -0.4 is 10.9 Å². The van der Waals surface area contributed by atoms with Crippen molar-refractivity contribution in [3.05, 3.63) is 34.6 Å². The molecule has 1 unspecified atom stereocenters. The summed E-state index contributed by atoms with van der Waals surface area (Å²) in [6.45, 7) is 0.423. The Hall–Kier alpha value is -1.88. The maximum absolute atomic E-state index is 11.9. The van der Waals surface area contributed by atoms with Crippen molar-refractivity contribution in [2.24, 2.45) is 5.92 Å². The van der Waals surface area contributed by atoms with Crippen LogP contribution in [-0.2, 0) is 0 Å². The molecule has 1 heterocycles. The molecule has 5 heteroatoms. The van der Waals surface area contributed by atoms with E-state index in [-0.39, 0.29) is 11.7 Å². The van der Waals surface area contributed by atoms with Gasteiger partial charge in [-0.1, -0.05) is 25.0 Å². The molecular weight excluding hydrogens is 254 g/mol. The Balaban J connectivity index is 1.72. The van der Waals surface area contributed by atoms with E-state index in [1.807, 2.05) is 18.2 Å². The highest BCUT2D eigenvalue weighted by molar-refractivity contribution is 5.78. The van der Waals surface area contributed by atoms with Crippen molar-refractivity contribution in [2.75, 3.05) is 11.9 Å². The minimum absolute atomic E-state index is 0.159. The molecular formula is C15H19N3O2. The molecule has 20 heavy (non-hydrogen) atoms. The third-order valence-corrected chi connectivity index (χ3v) is 4.04. The summed E-state index contributed by atoms with van der Waals surface area (Å²) in [5, 5.41) is 13.7. The molecule has 1 saturated carbocycles. The Labute approximate surface area is 117 Å². The lowest BCUT2D eigenvalue weighted by atomic mass is 10.0. The first-order valence-corrected chi connectivity index (χ1v) is 7.15. The van der Waals surface area contributed by atoms with Crippen LogP contribution in [0.4, 0.5) is 5.95 Å². The Morgan fingerprint density at radius 2 is 2.10 bits per heavy atom. The molecule has 3 rings (SSSR count). The fraction of sp³-hybridized carbons (Fsp3) is 0.467. The second-order valence-electron chi connectivity index (χ2n) is 5.42. The smallest absolute Gasteiger partial charge is 0.260 e. The van der Waals surface area contributed by atoms with E-state index in [2.05, 4.69) is 15.3 Å². The van der Waals surface area contributed by atoms with Gasteiger partial charge >= 0.3 is 0 Å². The molecule has 1 aromatic heterocycles. The van der Waals surface area contributed by atoms with Crippen molar-refractivity contribution < 1.29 is 5.11 Å². The topological polar surface area (TPSA) is 78.0 Å². The zero-order valence-electron chi connectivity index (χ0n) is 11.3. The summed E-state index contributed by atoms with van der Waals surface area (Å²) in [5.74, 6) is 0.792. The highest BCUT2D eigenvalue weighted by atomic mass is 16.3. The average molecular weight is 273 g/mol. The van der Waals surface area contributed by atoms with Crippen LogP contribution in [0.25, 0.3) is 10.9 Å². The van der Waals surface area contributed by atoms with Crippen molar-refractivity contribution in [3.8, 4) is 0 Å². The number of aliphatic hydroxyl groups is 1. The number of nitrogens with one attached hydrogen (secondary N) is 2. The summed E-state index contributed by atoms with van der Waals surface area (Å²) in [5.41, 5.74) is 0.502. The fourth-order valence-electron chi connectivity index (χ4n) is 2.88. The lowest BCUT2D eigenvalue weighted by molar-refractivity contribution is 0.122. The SMILES string of the molecule is O=c1[nH]c(NCC(O)C2CCCC2)nc2ccccc12. The molecule has 1 aromatic carbocycles. The first-order valence-electron chi connectivity index (χ1n) is 7.15. The molecule has 1 aliphatic rings. The lowest BCUT2D eigenvalue weighted by Gasteiger charge is -2.18. The van der Waals surface area contributed by atoms with Gasteiger partial charge in [-0.2, -0.15) is 0 Å². The van der Waals surface area contributed by atoms with Crippen molar-refractivity contribution in [3.63, 3.8) is 0 Å². The number of hydrogen-bond donors (Lipinski definition) is 3. The van der Waals surface area contributed by atoms with Crippen LogP contribution in [0.3, 0.4) is 0 Å². The quantitative estimate of drug-likeness (QED) is 0.795. The molecule has 0 radical (unpaired) electrons. The Kier molecular flexibility index (Phi) is 3.69. The standard InChI is InChI=1S/C15H19N3O2/c19-13(10-5-1-2-6-10)9-16-15-17-12-8-4-3-7-11(12)14(20)18-15/h3-4,7-8,10,13,19H,1-2,5-6,9H2,(H2,16,17,18,20). The number of aromatic amines is 1. The van der Waals surface area contributed by atoms with E-state index < -0.39 is 0 Å². The summed E-state index contributed by atoms with van der Waals surface area (Å²) >= 11 is 0. The Morgan fingerprint density at radius 1 is 1.35 bits per heavy atom. The summed E-state index contributed by atoms with van der Waals surface area (Å²) in [6, 6.07) is 7.23. The predicted octanol–water partition coefficient (Wildman–Crippen LogP) is 1.89. The van der Waals surface area contributed by atoms with Gasteiger partial charge in [-0.15, -0.1) is 0 Å². The van der Waals surface area contributed by atoms with Gasteiger partial charge in [0, 0.05) is 6.54 Å². The van der Waals surface area contributed by atoms with Crippen LogP contribution in [0.15, 0.2) is 29.1 Å². The first-order chi connectivity index (χ1) is 9.74. The van der Waals surface area contributed by atoms with Crippen LogP contribution in [0, 0.1) is 5.92 Å².